The molecule has 13 heteroatoms. The lowest BCUT2D eigenvalue weighted by molar-refractivity contribution is -0.180. The summed E-state index contributed by atoms with van der Waals surface area (Å²) in [6.07, 6.45) is -3.23. The van der Waals surface area contributed by atoms with Crippen LogP contribution in [0.3, 0.4) is 0 Å². The van der Waals surface area contributed by atoms with Crippen molar-refractivity contribution in [1.29, 1.82) is 0 Å². The van der Waals surface area contributed by atoms with Crippen LogP contribution in [0.5, 0.6) is 11.5 Å². The average molecular weight is 573 g/mol. The van der Waals surface area contributed by atoms with E-state index in [4.69, 9.17) is 18.9 Å². The van der Waals surface area contributed by atoms with E-state index in [1.807, 2.05) is 0 Å². The Kier molecular flexibility index (Phi) is 6.71. The highest BCUT2D eigenvalue weighted by molar-refractivity contribution is 6.35. The van der Waals surface area contributed by atoms with Crippen LogP contribution in [-0.4, -0.2) is 98.9 Å². The molecule has 41 heavy (non-hydrogen) atoms. The van der Waals surface area contributed by atoms with Crippen molar-refractivity contribution in [2.75, 3.05) is 14.2 Å². The topological polar surface area (TPSA) is 206 Å². The van der Waals surface area contributed by atoms with Crippen LogP contribution in [0.4, 0.5) is 0 Å². The maximum atomic E-state index is 13.7. The standard InChI is InChI=1S/C28H28O13/c1-10-19-12(8-15(20(10)26(35)39-4)41-18-6-5-14(29)11(2)40-18)7-13-21(22(19)31)25(34)27(36)17(30)9-16(38-3)24(33)28(27,37)23(13)32/h7-9,11,14,18,24,29,31,33,36-37H,5-6H2,1-4H3/t11-,14-,18-,24+,27+,28+/m0/s1. The molecule has 0 unspecified atom stereocenters. The number of esters is 1. The summed E-state index contributed by atoms with van der Waals surface area (Å²) in [5.74, 6) is -6.73. The molecule has 0 aromatic heterocycles. The van der Waals surface area contributed by atoms with Crippen LogP contribution in [-0.2, 0) is 19.0 Å². The Labute approximate surface area is 232 Å². The summed E-state index contributed by atoms with van der Waals surface area (Å²) in [5, 5.41) is 54.6. The fourth-order valence-corrected chi connectivity index (χ4v) is 5.78. The highest BCUT2D eigenvalue weighted by Gasteiger charge is 2.73. The summed E-state index contributed by atoms with van der Waals surface area (Å²) in [7, 11) is 2.18. The molecule has 1 saturated heterocycles. The summed E-state index contributed by atoms with van der Waals surface area (Å²) >= 11 is 0. The number of aryl methyl sites for hydroxylation is 1. The first-order chi connectivity index (χ1) is 19.2. The van der Waals surface area contributed by atoms with Gasteiger partial charge in [-0.25, -0.2) is 4.79 Å². The molecule has 2 aromatic rings. The van der Waals surface area contributed by atoms with Gasteiger partial charge in [-0.05, 0) is 43.4 Å². The second-order valence-corrected chi connectivity index (χ2v) is 10.3. The first-order valence-corrected chi connectivity index (χ1v) is 12.7. The van der Waals surface area contributed by atoms with E-state index in [2.05, 4.69) is 0 Å². The van der Waals surface area contributed by atoms with Gasteiger partial charge in [0.2, 0.25) is 28.6 Å². The van der Waals surface area contributed by atoms with Crippen molar-refractivity contribution in [1.82, 2.24) is 0 Å². The zero-order valence-electron chi connectivity index (χ0n) is 22.5. The van der Waals surface area contributed by atoms with E-state index in [9.17, 15) is 44.7 Å². The second-order valence-electron chi connectivity index (χ2n) is 10.3. The molecular weight excluding hydrogens is 544 g/mol. The predicted octanol–water partition coefficient (Wildman–Crippen LogP) is 0.220. The van der Waals surface area contributed by atoms with Crippen molar-refractivity contribution < 1.29 is 63.7 Å². The molecule has 1 fully saturated rings. The van der Waals surface area contributed by atoms with Crippen LogP contribution < -0.4 is 4.74 Å². The number of phenols is 1. The van der Waals surface area contributed by atoms with Crippen molar-refractivity contribution in [3.63, 3.8) is 0 Å². The Morgan fingerprint density at radius 2 is 1.76 bits per heavy atom. The molecule has 13 nitrogen and oxygen atoms in total. The maximum absolute atomic E-state index is 13.7. The number of aromatic hydroxyl groups is 1. The third-order valence-corrected chi connectivity index (χ3v) is 8.10. The largest absolute Gasteiger partial charge is 0.507 e. The lowest BCUT2D eigenvalue weighted by Gasteiger charge is -2.47. The highest BCUT2D eigenvalue weighted by atomic mass is 16.7. The number of fused-ring (bicyclic) bond motifs is 3. The van der Waals surface area contributed by atoms with E-state index < -0.39 is 81.8 Å². The van der Waals surface area contributed by atoms with Crippen molar-refractivity contribution >= 4 is 34.1 Å². The number of methoxy groups -OCH3 is 2. The van der Waals surface area contributed by atoms with Gasteiger partial charge in [0.15, 0.2) is 12.4 Å². The van der Waals surface area contributed by atoms with E-state index in [1.54, 1.807) is 6.92 Å². The monoisotopic (exact) mass is 572 g/mol. The van der Waals surface area contributed by atoms with Gasteiger partial charge in [0, 0.05) is 23.4 Å². The molecule has 0 amide bonds. The molecule has 5 N–H and O–H groups in total. The Balaban J connectivity index is 1.75. The quantitative estimate of drug-likeness (QED) is 0.246. The molecule has 0 bridgehead atoms. The zero-order valence-corrected chi connectivity index (χ0v) is 22.5. The van der Waals surface area contributed by atoms with Crippen LogP contribution in [0.15, 0.2) is 24.0 Å². The van der Waals surface area contributed by atoms with Gasteiger partial charge in [-0.15, -0.1) is 0 Å². The number of aliphatic hydroxyl groups is 4. The van der Waals surface area contributed by atoms with E-state index in [1.165, 1.54) is 13.0 Å². The van der Waals surface area contributed by atoms with Crippen LogP contribution in [0.25, 0.3) is 10.8 Å². The number of phenolic OH excluding ortho intramolecular Hbond substituents is 1. The molecule has 5 rings (SSSR count). The molecule has 2 aromatic carbocycles. The molecule has 218 valence electrons. The Hall–Kier alpha value is -3.88. The number of carbonyl (C=O) groups is 4. The van der Waals surface area contributed by atoms with Crippen molar-refractivity contribution in [3.8, 4) is 11.5 Å². The smallest absolute Gasteiger partial charge is 0.341 e. The number of benzene rings is 2. The van der Waals surface area contributed by atoms with Gasteiger partial charge in [0.05, 0.1) is 32.0 Å². The van der Waals surface area contributed by atoms with E-state index in [0.717, 1.165) is 20.3 Å². The normalized spacial score (nSPS) is 31.3. The summed E-state index contributed by atoms with van der Waals surface area (Å²) in [6, 6.07) is 2.40. The summed E-state index contributed by atoms with van der Waals surface area (Å²) in [4.78, 5) is 53.1. The third-order valence-electron chi connectivity index (χ3n) is 8.10. The van der Waals surface area contributed by atoms with Crippen LogP contribution in [0.2, 0.25) is 0 Å². The summed E-state index contributed by atoms with van der Waals surface area (Å²) < 4.78 is 21.4. The molecule has 0 saturated carbocycles. The lowest BCUT2D eigenvalue weighted by atomic mass is 9.60. The van der Waals surface area contributed by atoms with Crippen LogP contribution in [0.1, 0.15) is 56.4 Å². The first kappa shape index (κ1) is 28.6. The van der Waals surface area contributed by atoms with Crippen LogP contribution >= 0.6 is 0 Å². The summed E-state index contributed by atoms with van der Waals surface area (Å²) in [5.41, 5.74) is -8.31. The van der Waals surface area contributed by atoms with Gasteiger partial charge in [-0.2, -0.15) is 0 Å². The van der Waals surface area contributed by atoms with Gasteiger partial charge in [0.1, 0.15) is 22.8 Å². The number of hydrogen-bond donors (Lipinski definition) is 5. The van der Waals surface area contributed by atoms with Crippen molar-refractivity contribution in [2.24, 2.45) is 0 Å². The fraction of sp³-hybridized carbons (Fsp3) is 0.429. The van der Waals surface area contributed by atoms with E-state index in [0.29, 0.717) is 12.5 Å². The molecule has 1 heterocycles. The van der Waals surface area contributed by atoms with E-state index >= 15 is 0 Å². The van der Waals surface area contributed by atoms with E-state index in [-0.39, 0.29) is 34.1 Å². The minimum absolute atomic E-state index is 0.0583. The number of Topliss-reactive ketones (excluding diaryl/α,β-unsaturated/α-hetero) is 2. The summed E-state index contributed by atoms with van der Waals surface area (Å²) in [6.45, 7) is 3.07. The number of hydrogen-bond acceptors (Lipinski definition) is 13. The molecule has 1 aliphatic heterocycles. The van der Waals surface area contributed by atoms with Gasteiger partial charge < -0.3 is 44.5 Å². The van der Waals surface area contributed by atoms with Crippen molar-refractivity contribution in [3.05, 3.63) is 46.2 Å². The Morgan fingerprint density at radius 1 is 1.07 bits per heavy atom. The molecule has 0 radical (unpaired) electrons. The van der Waals surface area contributed by atoms with Gasteiger partial charge in [-0.3, -0.25) is 14.4 Å². The van der Waals surface area contributed by atoms with Gasteiger partial charge >= 0.3 is 5.97 Å². The lowest BCUT2D eigenvalue weighted by Crippen LogP contribution is -2.76. The molecule has 6 atom stereocenters. The average Bonchev–Trinajstić information content (AvgIpc) is 2.93. The van der Waals surface area contributed by atoms with Gasteiger partial charge in [-0.1, -0.05) is 0 Å². The second kappa shape index (κ2) is 9.60. The minimum atomic E-state index is -3.48. The number of ether oxygens (including phenoxy) is 4. The number of carbonyl (C=O) groups excluding carboxylic acids is 4. The van der Waals surface area contributed by atoms with Crippen molar-refractivity contribution in [2.45, 2.75) is 62.5 Å². The number of rotatable bonds is 4. The molecule has 0 spiro atoms. The maximum Gasteiger partial charge on any atom is 0.341 e. The molecule has 3 aliphatic rings. The molecule has 2 aliphatic carbocycles. The Morgan fingerprint density at radius 3 is 2.37 bits per heavy atom. The molecular formula is C28H28O13. The third kappa shape index (κ3) is 3.73. The zero-order chi connectivity index (χ0) is 30.2. The SMILES string of the molecule is COC(=O)c1c(O[C@H]2CC[C@H](O)[C@H](C)O2)cc2cc3c(c(O)c2c1C)C(=O)[C@]1(O)C(=O)C=C(OC)[C@@H](O)[C@]1(O)C3=O. The number of ketones is 3. The number of aliphatic hydroxyl groups excluding tert-OH is 2. The first-order valence-electron chi connectivity index (χ1n) is 12.7. The fourth-order valence-electron chi connectivity index (χ4n) is 5.78. The van der Waals surface area contributed by atoms with Crippen LogP contribution in [0, 0.1) is 6.92 Å². The highest BCUT2D eigenvalue weighted by Crippen LogP contribution is 2.49. The Bertz CT molecular complexity index is 1560. The van der Waals surface area contributed by atoms with Gasteiger partial charge in [0.25, 0.3) is 0 Å². The predicted molar refractivity (Wildman–Crippen MR) is 137 cm³/mol. The minimum Gasteiger partial charge on any atom is -0.507 e.